The van der Waals surface area contributed by atoms with Crippen molar-refractivity contribution in [3.8, 4) is 11.5 Å². The Bertz CT molecular complexity index is 968. The summed E-state index contributed by atoms with van der Waals surface area (Å²) in [6, 6.07) is 15.1. The van der Waals surface area contributed by atoms with Gasteiger partial charge in [0.15, 0.2) is 5.70 Å². The minimum atomic E-state index is -0.465. The van der Waals surface area contributed by atoms with E-state index in [4.69, 9.17) is 14.2 Å². The third-order valence-electron chi connectivity index (χ3n) is 4.07. The van der Waals surface area contributed by atoms with E-state index in [9.17, 15) is 4.79 Å². The highest BCUT2D eigenvalue weighted by molar-refractivity contribution is 6.11. The smallest absolute Gasteiger partial charge is 0.363 e. The van der Waals surface area contributed by atoms with Crippen LogP contribution in [0.5, 0.6) is 11.5 Å². The molecule has 0 aromatic heterocycles. The first kappa shape index (κ1) is 17.1. The molecular formula is C22H19NO4. The lowest BCUT2D eigenvalue weighted by molar-refractivity contribution is -0.130. The molecule has 2 heterocycles. The number of benzene rings is 2. The van der Waals surface area contributed by atoms with Crippen molar-refractivity contribution in [2.24, 2.45) is 4.99 Å². The second-order valence-corrected chi connectivity index (χ2v) is 6.57. The molecule has 4 rings (SSSR count). The molecule has 0 unspecified atom stereocenters. The van der Waals surface area contributed by atoms with Crippen LogP contribution < -0.4 is 9.47 Å². The summed E-state index contributed by atoms with van der Waals surface area (Å²) in [6.07, 6.45) is 3.80. The van der Waals surface area contributed by atoms with Gasteiger partial charge in [-0.1, -0.05) is 18.2 Å². The fraction of sp³-hybridized carbons (Fsp3) is 0.182. The number of carbonyl (C=O) groups excluding carboxylic acids is 1. The number of fused-ring (bicyclic) bond motifs is 1. The predicted molar refractivity (Wildman–Crippen MR) is 103 cm³/mol. The monoisotopic (exact) mass is 361 g/mol. The number of carbonyl (C=O) groups is 1. The number of rotatable bonds is 4. The largest absolute Gasteiger partial charge is 0.491 e. The van der Waals surface area contributed by atoms with E-state index in [0.29, 0.717) is 12.5 Å². The van der Waals surface area contributed by atoms with Gasteiger partial charge in [0, 0.05) is 11.1 Å². The average Bonchev–Trinajstić information content (AvgIpc) is 3.02. The second kappa shape index (κ2) is 7.11. The minimum Gasteiger partial charge on any atom is -0.491 e. The van der Waals surface area contributed by atoms with Gasteiger partial charge in [0.1, 0.15) is 18.1 Å². The molecule has 0 spiro atoms. The molecule has 5 nitrogen and oxygen atoms in total. The van der Waals surface area contributed by atoms with E-state index in [-0.39, 0.29) is 11.8 Å². The van der Waals surface area contributed by atoms with E-state index in [1.54, 1.807) is 6.08 Å². The molecule has 5 heteroatoms. The van der Waals surface area contributed by atoms with E-state index in [1.807, 2.05) is 68.5 Å². The first-order valence-electron chi connectivity index (χ1n) is 8.80. The van der Waals surface area contributed by atoms with Crippen molar-refractivity contribution < 1.29 is 19.0 Å². The van der Waals surface area contributed by atoms with Crippen LogP contribution in [0.3, 0.4) is 0 Å². The molecule has 0 aliphatic carbocycles. The number of hydrogen-bond donors (Lipinski definition) is 0. The van der Waals surface area contributed by atoms with Crippen LogP contribution in [0.2, 0.25) is 0 Å². The average molecular weight is 361 g/mol. The minimum absolute atomic E-state index is 0.100. The van der Waals surface area contributed by atoms with Crippen LogP contribution in [0.15, 0.2) is 70.9 Å². The van der Waals surface area contributed by atoms with Crippen LogP contribution in [-0.2, 0) is 9.53 Å². The van der Waals surface area contributed by atoms with E-state index in [1.165, 1.54) is 0 Å². The van der Waals surface area contributed by atoms with Gasteiger partial charge in [-0.2, -0.15) is 0 Å². The van der Waals surface area contributed by atoms with Gasteiger partial charge < -0.3 is 14.2 Å². The topological polar surface area (TPSA) is 57.1 Å². The number of nitrogens with zero attached hydrogens (tertiary/aromatic N) is 1. The summed E-state index contributed by atoms with van der Waals surface area (Å²) in [4.78, 5) is 16.5. The summed E-state index contributed by atoms with van der Waals surface area (Å²) in [5.74, 6) is 1.42. The first-order valence-corrected chi connectivity index (χ1v) is 8.80. The van der Waals surface area contributed by atoms with E-state index < -0.39 is 5.97 Å². The Morgan fingerprint density at radius 1 is 1.11 bits per heavy atom. The number of para-hydroxylation sites is 1. The van der Waals surface area contributed by atoms with Crippen LogP contribution in [0.4, 0.5) is 0 Å². The SMILES string of the molecule is CC(C)Oc1ccc(C2=N/C(=C\C3=Cc4ccccc4OC3)C(=O)O2)cc1. The molecule has 2 aromatic carbocycles. The maximum Gasteiger partial charge on any atom is 0.363 e. The Morgan fingerprint density at radius 3 is 2.67 bits per heavy atom. The van der Waals surface area contributed by atoms with Crippen molar-refractivity contribution >= 4 is 17.9 Å². The highest BCUT2D eigenvalue weighted by atomic mass is 16.6. The number of ether oxygens (including phenoxy) is 3. The molecule has 136 valence electrons. The molecular weight excluding hydrogens is 342 g/mol. The Labute approximate surface area is 157 Å². The van der Waals surface area contributed by atoms with Crippen LogP contribution in [-0.4, -0.2) is 24.6 Å². The molecule has 0 fully saturated rings. The molecule has 27 heavy (non-hydrogen) atoms. The highest BCUT2D eigenvalue weighted by Gasteiger charge is 2.25. The first-order chi connectivity index (χ1) is 13.1. The van der Waals surface area contributed by atoms with Crippen molar-refractivity contribution in [2.45, 2.75) is 20.0 Å². The van der Waals surface area contributed by atoms with Crippen molar-refractivity contribution in [3.05, 3.63) is 77.0 Å². The van der Waals surface area contributed by atoms with Crippen LogP contribution in [0.25, 0.3) is 6.08 Å². The molecule has 0 bridgehead atoms. The molecule has 2 aliphatic heterocycles. The molecule has 0 saturated carbocycles. The Kier molecular flexibility index (Phi) is 4.50. The summed E-state index contributed by atoms with van der Waals surface area (Å²) in [5, 5.41) is 0. The molecule has 0 N–H and O–H groups in total. The van der Waals surface area contributed by atoms with Gasteiger partial charge in [0.2, 0.25) is 5.90 Å². The number of cyclic esters (lactones) is 1. The molecule has 2 aromatic rings. The number of esters is 1. The Hall–Kier alpha value is -3.34. The number of hydrogen-bond acceptors (Lipinski definition) is 5. The van der Waals surface area contributed by atoms with E-state index >= 15 is 0 Å². The molecule has 0 atom stereocenters. The van der Waals surface area contributed by atoms with Crippen molar-refractivity contribution in [1.82, 2.24) is 0 Å². The predicted octanol–water partition coefficient (Wildman–Crippen LogP) is 4.14. The quantitative estimate of drug-likeness (QED) is 0.607. The summed E-state index contributed by atoms with van der Waals surface area (Å²) >= 11 is 0. The summed E-state index contributed by atoms with van der Waals surface area (Å²) < 4.78 is 16.7. The zero-order chi connectivity index (χ0) is 18.8. The Morgan fingerprint density at radius 2 is 1.89 bits per heavy atom. The van der Waals surface area contributed by atoms with Gasteiger partial charge in [0.05, 0.1) is 6.10 Å². The van der Waals surface area contributed by atoms with Gasteiger partial charge in [-0.25, -0.2) is 9.79 Å². The number of aliphatic imine (C=N–C) groups is 1. The van der Waals surface area contributed by atoms with Crippen molar-refractivity contribution in [2.75, 3.05) is 6.61 Å². The van der Waals surface area contributed by atoms with Crippen LogP contribution in [0.1, 0.15) is 25.0 Å². The fourth-order valence-corrected chi connectivity index (χ4v) is 2.87. The highest BCUT2D eigenvalue weighted by Crippen LogP contribution is 2.28. The lowest BCUT2D eigenvalue weighted by Gasteiger charge is -2.15. The van der Waals surface area contributed by atoms with E-state index in [0.717, 1.165) is 28.2 Å². The normalized spacial score (nSPS) is 17.1. The Balaban J connectivity index is 1.56. The van der Waals surface area contributed by atoms with Gasteiger partial charge in [-0.05, 0) is 61.9 Å². The van der Waals surface area contributed by atoms with Crippen molar-refractivity contribution in [1.29, 1.82) is 0 Å². The third-order valence-corrected chi connectivity index (χ3v) is 4.07. The second-order valence-electron chi connectivity index (χ2n) is 6.57. The standard InChI is InChI=1S/C22H19NO4/c1-14(2)26-18-9-7-16(8-10-18)21-23-19(22(24)27-21)12-15-11-17-5-3-4-6-20(17)25-13-15/h3-12,14H,13H2,1-2H3/b19-12-. The zero-order valence-electron chi connectivity index (χ0n) is 15.1. The molecule has 0 amide bonds. The fourth-order valence-electron chi connectivity index (χ4n) is 2.87. The van der Waals surface area contributed by atoms with Gasteiger partial charge in [-0.15, -0.1) is 0 Å². The summed E-state index contributed by atoms with van der Waals surface area (Å²) in [5.41, 5.74) is 2.84. The van der Waals surface area contributed by atoms with Gasteiger partial charge in [0.25, 0.3) is 0 Å². The van der Waals surface area contributed by atoms with Crippen molar-refractivity contribution in [3.63, 3.8) is 0 Å². The lowest BCUT2D eigenvalue weighted by atomic mass is 10.1. The molecule has 0 radical (unpaired) electrons. The summed E-state index contributed by atoms with van der Waals surface area (Å²) in [7, 11) is 0. The van der Waals surface area contributed by atoms with Crippen LogP contribution in [0, 0.1) is 0 Å². The lowest BCUT2D eigenvalue weighted by Crippen LogP contribution is -2.08. The van der Waals surface area contributed by atoms with Gasteiger partial charge in [-0.3, -0.25) is 0 Å². The maximum absolute atomic E-state index is 12.2. The summed E-state index contributed by atoms with van der Waals surface area (Å²) in [6.45, 7) is 4.33. The van der Waals surface area contributed by atoms with Gasteiger partial charge >= 0.3 is 5.97 Å². The zero-order valence-corrected chi connectivity index (χ0v) is 15.1. The van der Waals surface area contributed by atoms with E-state index in [2.05, 4.69) is 4.99 Å². The maximum atomic E-state index is 12.2. The molecule has 2 aliphatic rings. The third kappa shape index (κ3) is 3.77. The van der Waals surface area contributed by atoms with Crippen LogP contribution >= 0.6 is 0 Å². The molecule has 0 saturated heterocycles.